The van der Waals surface area contributed by atoms with Crippen molar-refractivity contribution in [2.45, 2.75) is 17.5 Å². The molecule has 36 heavy (non-hydrogen) atoms. The molecule has 1 atom stereocenters. The number of anilines is 1. The van der Waals surface area contributed by atoms with E-state index in [0.29, 0.717) is 6.54 Å². The summed E-state index contributed by atoms with van der Waals surface area (Å²) in [5.41, 5.74) is 1.29. The van der Waals surface area contributed by atoms with Crippen LogP contribution in [0.1, 0.15) is 15.9 Å². The number of hydrogen-bond donors (Lipinski definition) is 3. The van der Waals surface area contributed by atoms with Crippen molar-refractivity contribution in [2.75, 3.05) is 32.5 Å². The fourth-order valence-corrected chi connectivity index (χ4v) is 4.17. The minimum Gasteiger partial charge on any atom is -0.340 e. The van der Waals surface area contributed by atoms with Gasteiger partial charge in [-0.3, -0.25) is 9.59 Å². The summed E-state index contributed by atoms with van der Waals surface area (Å²) in [5, 5.41) is 5.18. The second-order valence-corrected chi connectivity index (χ2v) is 10.0. The Morgan fingerprint density at radius 3 is 2.31 bits per heavy atom. The quantitative estimate of drug-likeness (QED) is 0.361. The molecule has 9 nitrogen and oxygen atoms in total. The van der Waals surface area contributed by atoms with E-state index < -0.39 is 33.7 Å². The van der Waals surface area contributed by atoms with Gasteiger partial charge < -0.3 is 15.5 Å². The first kappa shape index (κ1) is 26.9. The molecule has 2 amide bonds. The van der Waals surface area contributed by atoms with E-state index in [1.807, 2.05) is 49.3 Å². The Bertz CT molecular complexity index is 1270. The molecule has 11 heteroatoms. The van der Waals surface area contributed by atoms with Crippen molar-refractivity contribution in [2.24, 2.45) is 0 Å². The highest BCUT2D eigenvalue weighted by atomic mass is 32.2. The Labute approximate surface area is 209 Å². The molecule has 3 N–H and O–H groups in total. The smallest absolute Gasteiger partial charge is 0.258 e. The van der Waals surface area contributed by atoms with Crippen LogP contribution in [0.2, 0.25) is 0 Å². The standard InChI is InChI=1S/C25H28FN5O4S/c1-31(2)15-14-28-36(34,35)23-13-12-21(17-27-23)29-25(33)22(16-18-6-4-3-5-7-18)30-24(32)19-8-10-20(26)11-9-19/h3-13,17,22,28H,14-16H2,1-2H3,(H,29,33)(H,30,32)/t22-/m0/s1. The van der Waals surface area contributed by atoms with Gasteiger partial charge in [0.25, 0.3) is 15.9 Å². The van der Waals surface area contributed by atoms with Gasteiger partial charge in [0.2, 0.25) is 5.91 Å². The molecule has 3 rings (SSSR count). The van der Waals surface area contributed by atoms with Crippen LogP contribution in [0.3, 0.4) is 0 Å². The molecule has 0 fully saturated rings. The predicted molar refractivity (Wildman–Crippen MR) is 134 cm³/mol. The minimum absolute atomic E-state index is 0.176. The summed E-state index contributed by atoms with van der Waals surface area (Å²) in [6, 6.07) is 15.9. The van der Waals surface area contributed by atoms with Gasteiger partial charge in [0, 0.05) is 25.1 Å². The molecular weight excluding hydrogens is 485 g/mol. The fourth-order valence-electron chi connectivity index (χ4n) is 3.22. The zero-order valence-electron chi connectivity index (χ0n) is 19.9. The highest BCUT2D eigenvalue weighted by molar-refractivity contribution is 7.89. The molecule has 0 saturated carbocycles. The molecule has 0 unspecified atom stereocenters. The molecule has 0 radical (unpaired) electrons. The molecule has 1 aromatic heterocycles. The average molecular weight is 514 g/mol. The maximum atomic E-state index is 13.2. The summed E-state index contributed by atoms with van der Waals surface area (Å²) in [4.78, 5) is 31.6. The van der Waals surface area contributed by atoms with Crippen LogP contribution in [0, 0.1) is 5.82 Å². The lowest BCUT2D eigenvalue weighted by Crippen LogP contribution is -2.45. The molecular formula is C25H28FN5O4S. The van der Waals surface area contributed by atoms with Crippen LogP contribution >= 0.6 is 0 Å². The maximum absolute atomic E-state index is 13.2. The number of aromatic nitrogens is 1. The number of sulfonamides is 1. The Hall–Kier alpha value is -3.67. The molecule has 0 aliphatic heterocycles. The maximum Gasteiger partial charge on any atom is 0.258 e. The number of hydrogen-bond acceptors (Lipinski definition) is 6. The lowest BCUT2D eigenvalue weighted by atomic mass is 10.0. The van der Waals surface area contributed by atoms with Crippen molar-refractivity contribution in [1.29, 1.82) is 0 Å². The summed E-state index contributed by atoms with van der Waals surface area (Å²) < 4.78 is 40.5. The monoisotopic (exact) mass is 513 g/mol. The highest BCUT2D eigenvalue weighted by Gasteiger charge is 2.23. The first-order chi connectivity index (χ1) is 17.1. The van der Waals surface area contributed by atoms with Gasteiger partial charge in [-0.05, 0) is 56.1 Å². The van der Waals surface area contributed by atoms with E-state index in [4.69, 9.17) is 0 Å². The van der Waals surface area contributed by atoms with E-state index in [1.54, 1.807) is 0 Å². The van der Waals surface area contributed by atoms with Crippen LogP contribution < -0.4 is 15.4 Å². The molecule has 2 aromatic carbocycles. The van der Waals surface area contributed by atoms with Crippen LogP contribution in [0.4, 0.5) is 10.1 Å². The highest BCUT2D eigenvalue weighted by Crippen LogP contribution is 2.13. The lowest BCUT2D eigenvalue weighted by Gasteiger charge is -2.19. The van der Waals surface area contributed by atoms with Crippen LogP contribution in [-0.2, 0) is 21.2 Å². The second-order valence-electron chi connectivity index (χ2n) is 8.30. The molecule has 0 aliphatic carbocycles. The Kier molecular flexibility index (Phi) is 9.23. The third-order valence-electron chi connectivity index (χ3n) is 5.14. The number of carbonyl (C=O) groups excluding carboxylic acids is 2. The first-order valence-corrected chi connectivity index (χ1v) is 12.6. The van der Waals surface area contributed by atoms with E-state index in [0.717, 1.165) is 17.7 Å². The van der Waals surface area contributed by atoms with E-state index in [9.17, 15) is 22.4 Å². The van der Waals surface area contributed by atoms with Crippen LogP contribution in [0.5, 0.6) is 0 Å². The number of amides is 2. The van der Waals surface area contributed by atoms with Gasteiger partial charge in [-0.2, -0.15) is 0 Å². The Balaban J connectivity index is 1.71. The van der Waals surface area contributed by atoms with E-state index >= 15 is 0 Å². The fraction of sp³-hybridized carbons (Fsp3) is 0.240. The van der Waals surface area contributed by atoms with Crippen LogP contribution in [0.25, 0.3) is 0 Å². The minimum atomic E-state index is -3.79. The number of nitrogens with zero attached hydrogens (tertiary/aromatic N) is 2. The van der Waals surface area contributed by atoms with Crippen LogP contribution in [-0.4, -0.2) is 63.3 Å². The van der Waals surface area contributed by atoms with Crippen molar-refractivity contribution in [1.82, 2.24) is 19.9 Å². The van der Waals surface area contributed by atoms with Gasteiger partial charge in [0.05, 0.1) is 11.9 Å². The number of pyridine rings is 1. The number of carbonyl (C=O) groups is 2. The van der Waals surface area contributed by atoms with Crippen molar-refractivity contribution < 1.29 is 22.4 Å². The van der Waals surface area contributed by atoms with Gasteiger partial charge in [0.1, 0.15) is 11.9 Å². The van der Waals surface area contributed by atoms with Crippen molar-refractivity contribution >= 4 is 27.5 Å². The molecule has 0 spiro atoms. The molecule has 1 heterocycles. The number of rotatable bonds is 11. The Morgan fingerprint density at radius 1 is 1.00 bits per heavy atom. The average Bonchev–Trinajstić information content (AvgIpc) is 2.84. The lowest BCUT2D eigenvalue weighted by molar-refractivity contribution is -0.118. The van der Waals surface area contributed by atoms with Crippen molar-refractivity contribution in [3.63, 3.8) is 0 Å². The summed E-state index contributed by atoms with van der Waals surface area (Å²) in [5.74, 6) is -1.53. The number of nitrogens with one attached hydrogen (secondary N) is 3. The van der Waals surface area contributed by atoms with Gasteiger partial charge in [-0.1, -0.05) is 30.3 Å². The topological polar surface area (TPSA) is 121 Å². The molecule has 190 valence electrons. The SMILES string of the molecule is CN(C)CCNS(=O)(=O)c1ccc(NC(=O)[C@H](Cc2ccccc2)NC(=O)c2ccc(F)cc2)cn1. The number of benzene rings is 2. The van der Waals surface area contributed by atoms with E-state index in [1.165, 1.54) is 30.5 Å². The first-order valence-electron chi connectivity index (χ1n) is 11.2. The van der Waals surface area contributed by atoms with E-state index in [2.05, 4.69) is 20.3 Å². The molecule has 0 bridgehead atoms. The van der Waals surface area contributed by atoms with Crippen LogP contribution in [0.15, 0.2) is 78.0 Å². The molecule has 3 aromatic rings. The summed E-state index contributed by atoms with van der Waals surface area (Å²) >= 11 is 0. The third kappa shape index (κ3) is 7.94. The largest absolute Gasteiger partial charge is 0.340 e. The molecule has 0 aliphatic rings. The normalized spacial score (nSPS) is 12.2. The van der Waals surface area contributed by atoms with Crippen molar-refractivity contribution in [3.8, 4) is 0 Å². The van der Waals surface area contributed by atoms with Gasteiger partial charge >= 0.3 is 0 Å². The summed E-state index contributed by atoms with van der Waals surface area (Å²) in [6.07, 6.45) is 1.44. The van der Waals surface area contributed by atoms with Gasteiger partial charge in [-0.25, -0.2) is 22.5 Å². The number of likely N-dealkylation sites (N-methyl/N-ethyl adjacent to an activating group) is 1. The Morgan fingerprint density at radius 2 is 1.69 bits per heavy atom. The summed E-state index contributed by atoms with van der Waals surface area (Å²) in [6.45, 7) is 0.754. The van der Waals surface area contributed by atoms with Gasteiger partial charge in [-0.15, -0.1) is 0 Å². The zero-order valence-corrected chi connectivity index (χ0v) is 20.8. The summed E-state index contributed by atoms with van der Waals surface area (Å²) in [7, 11) is -0.131. The molecule has 0 saturated heterocycles. The second kappa shape index (κ2) is 12.3. The van der Waals surface area contributed by atoms with Gasteiger partial charge in [0.15, 0.2) is 5.03 Å². The zero-order chi connectivity index (χ0) is 26.1. The number of halogens is 1. The van der Waals surface area contributed by atoms with Crippen molar-refractivity contribution in [3.05, 3.63) is 89.9 Å². The van der Waals surface area contributed by atoms with E-state index in [-0.39, 0.29) is 29.2 Å². The third-order valence-corrected chi connectivity index (χ3v) is 6.52. The predicted octanol–water partition coefficient (Wildman–Crippen LogP) is 2.04.